The molecule has 1 N–H and O–H groups in total. The van der Waals surface area contributed by atoms with Gasteiger partial charge in [0, 0.05) is 26.7 Å². The lowest BCUT2D eigenvalue weighted by Gasteiger charge is -2.49. The zero-order chi connectivity index (χ0) is 20.1. The number of rotatable bonds is 5. The van der Waals surface area contributed by atoms with Crippen molar-refractivity contribution in [3.05, 3.63) is 35.9 Å². The van der Waals surface area contributed by atoms with E-state index in [1.807, 2.05) is 18.2 Å². The molecule has 1 aromatic rings. The van der Waals surface area contributed by atoms with Crippen molar-refractivity contribution in [3.63, 3.8) is 0 Å². The summed E-state index contributed by atoms with van der Waals surface area (Å²) in [6.45, 7) is 4.72. The Hall–Kier alpha value is -1.95. The van der Waals surface area contributed by atoms with Gasteiger partial charge in [-0.05, 0) is 13.8 Å². The third-order valence-electron chi connectivity index (χ3n) is 4.60. The fraction of sp³-hybridized carbons (Fsp3) is 0.550. The highest BCUT2D eigenvalue weighted by molar-refractivity contribution is 5.66. The molecule has 1 aromatic carbocycles. The second kappa shape index (κ2) is 8.83. The summed E-state index contributed by atoms with van der Waals surface area (Å²) in [5.41, 5.74) is 0.710. The Kier molecular flexibility index (Phi) is 6.98. The van der Waals surface area contributed by atoms with E-state index in [-0.39, 0.29) is 6.61 Å². The van der Waals surface area contributed by atoms with Crippen LogP contribution in [-0.4, -0.2) is 55.7 Å². The average molecular weight is 378 g/mol. The highest BCUT2D eigenvalue weighted by Crippen LogP contribution is 2.37. The predicted octanol–water partition coefficient (Wildman–Crippen LogP) is 1.80. The molecule has 0 bridgehead atoms. The van der Waals surface area contributed by atoms with Crippen LogP contribution >= 0.6 is 0 Å². The summed E-state index contributed by atoms with van der Waals surface area (Å²) >= 11 is 0. The summed E-state index contributed by atoms with van der Waals surface area (Å²) in [4.78, 5) is 11.4. The molecule has 1 aliphatic heterocycles. The smallest absolute Gasteiger partial charge is 0.304 e. The lowest BCUT2D eigenvalue weighted by molar-refractivity contribution is -0.435. The van der Waals surface area contributed by atoms with E-state index in [0.717, 1.165) is 0 Å². The summed E-state index contributed by atoms with van der Waals surface area (Å²) in [5.74, 6) is 2.66. The Morgan fingerprint density at radius 2 is 1.81 bits per heavy atom. The Morgan fingerprint density at radius 1 is 1.19 bits per heavy atom. The quantitative estimate of drug-likeness (QED) is 0.618. The molecule has 0 radical (unpaired) electrons. The van der Waals surface area contributed by atoms with Crippen molar-refractivity contribution in [2.75, 3.05) is 20.8 Å². The van der Waals surface area contributed by atoms with Crippen molar-refractivity contribution in [1.82, 2.24) is 0 Å². The number of benzene rings is 1. The van der Waals surface area contributed by atoms with Crippen molar-refractivity contribution >= 4 is 5.97 Å². The molecule has 1 aliphatic rings. The molecule has 0 amide bonds. The number of carbonyl (C=O) groups is 1. The van der Waals surface area contributed by atoms with Gasteiger partial charge in [0.05, 0.1) is 6.61 Å². The van der Waals surface area contributed by atoms with Crippen LogP contribution in [0.1, 0.15) is 32.4 Å². The van der Waals surface area contributed by atoms with Gasteiger partial charge in [0.2, 0.25) is 11.6 Å². The van der Waals surface area contributed by atoms with Crippen molar-refractivity contribution in [3.8, 4) is 11.8 Å². The zero-order valence-electron chi connectivity index (χ0n) is 16.2. The number of aliphatic hydroxyl groups excluding tert-OH is 1. The lowest BCUT2D eigenvalue weighted by Crippen LogP contribution is -2.63. The third-order valence-corrected chi connectivity index (χ3v) is 4.60. The Morgan fingerprint density at radius 3 is 2.37 bits per heavy atom. The average Bonchev–Trinajstić information content (AvgIpc) is 2.67. The third kappa shape index (κ3) is 4.86. The van der Waals surface area contributed by atoms with Gasteiger partial charge in [0.15, 0.2) is 6.10 Å². The van der Waals surface area contributed by atoms with E-state index >= 15 is 0 Å². The molecule has 5 atom stereocenters. The van der Waals surface area contributed by atoms with E-state index in [4.69, 9.17) is 23.7 Å². The molecule has 0 aromatic heterocycles. The normalized spacial score (nSPS) is 29.9. The van der Waals surface area contributed by atoms with E-state index in [1.165, 1.54) is 21.1 Å². The van der Waals surface area contributed by atoms with Gasteiger partial charge in [0.1, 0.15) is 12.2 Å². The van der Waals surface area contributed by atoms with Crippen molar-refractivity contribution in [2.45, 2.75) is 50.7 Å². The first-order valence-corrected chi connectivity index (χ1v) is 8.58. The maximum Gasteiger partial charge on any atom is 0.304 e. The molecule has 1 fully saturated rings. The standard InChI is InChI=1S/C20H26O7/c1-14(21)26-17(15-9-7-6-8-10-15)12-11-16(22)18-13-25-19(2,23-4)20(3,24-5)27-18/h6-10,16-18,22H,13H2,1-5H3/t16-,17-,18-,19-,20-/m1/s1. The van der Waals surface area contributed by atoms with Gasteiger partial charge in [-0.2, -0.15) is 0 Å². The van der Waals surface area contributed by atoms with Crippen LogP contribution in [0.15, 0.2) is 30.3 Å². The molecule has 1 heterocycles. The van der Waals surface area contributed by atoms with Gasteiger partial charge in [-0.3, -0.25) is 4.79 Å². The predicted molar refractivity (Wildman–Crippen MR) is 96.4 cm³/mol. The van der Waals surface area contributed by atoms with Crippen LogP contribution < -0.4 is 0 Å². The number of ether oxygens (including phenoxy) is 5. The van der Waals surface area contributed by atoms with Gasteiger partial charge < -0.3 is 28.8 Å². The molecule has 7 nitrogen and oxygen atoms in total. The topological polar surface area (TPSA) is 83.5 Å². The maximum atomic E-state index is 11.4. The van der Waals surface area contributed by atoms with Crippen molar-refractivity contribution < 1.29 is 33.6 Å². The Bertz CT molecular complexity index is 695. The van der Waals surface area contributed by atoms with Crippen LogP contribution in [0.3, 0.4) is 0 Å². The first kappa shape index (κ1) is 21.4. The van der Waals surface area contributed by atoms with Gasteiger partial charge >= 0.3 is 5.97 Å². The molecule has 0 unspecified atom stereocenters. The maximum absolute atomic E-state index is 11.4. The molecular formula is C20H26O7. The monoisotopic (exact) mass is 378 g/mol. The SMILES string of the molecule is CO[C@]1(C)OC[C@H]([C@H](O)C#C[C@@H](OC(C)=O)c2ccccc2)O[C@@]1(C)OC. The van der Waals surface area contributed by atoms with Crippen molar-refractivity contribution in [2.24, 2.45) is 0 Å². The van der Waals surface area contributed by atoms with Crippen LogP contribution in [-0.2, 0) is 28.5 Å². The van der Waals surface area contributed by atoms with E-state index in [0.29, 0.717) is 5.56 Å². The van der Waals surface area contributed by atoms with Gasteiger partial charge in [0.25, 0.3) is 0 Å². The van der Waals surface area contributed by atoms with E-state index in [9.17, 15) is 9.90 Å². The number of esters is 1. The second-order valence-corrected chi connectivity index (χ2v) is 6.40. The Balaban J connectivity index is 2.16. The largest absolute Gasteiger partial charge is 0.444 e. The number of aliphatic hydroxyl groups is 1. The minimum absolute atomic E-state index is 0.0582. The highest BCUT2D eigenvalue weighted by atomic mass is 16.8. The molecule has 2 rings (SSSR count). The molecule has 0 spiro atoms. The van der Waals surface area contributed by atoms with Crippen LogP contribution in [0, 0.1) is 11.8 Å². The van der Waals surface area contributed by atoms with Crippen LogP contribution in [0.25, 0.3) is 0 Å². The van der Waals surface area contributed by atoms with E-state index in [2.05, 4.69) is 11.8 Å². The minimum atomic E-state index is -1.23. The Labute approximate surface area is 159 Å². The van der Waals surface area contributed by atoms with E-state index < -0.39 is 35.9 Å². The lowest BCUT2D eigenvalue weighted by atomic mass is 10.0. The number of carbonyl (C=O) groups excluding carboxylic acids is 1. The zero-order valence-corrected chi connectivity index (χ0v) is 16.2. The van der Waals surface area contributed by atoms with Crippen LogP contribution in [0.5, 0.6) is 0 Å². The summed E-state index contributed by atoms with van der Waals surface area (Å²) < 4.78 is 27.6. The summed E-state index contributed by atoms with van der Waals surface area (Å²) in [7, 11) is 2.95. The summed E-state index contributed by atoms with van der Waals surface area (Å²) in [6.07, 6.45) is -2.73. The van der Waals surface area contributed by atoms with Crippen LogP contribution in [0.2, 0.25) is 0 Å². The fourth-order valence-electron chi connectivity index (χ4n) is 2.66. The number of methoxy groups -OCH3 is 2. The summed E-state index contributed by atoms with van der Waals surface area (Å²) in [5, 5.41) is 10.5. The first-order valence-electron chi connectivity index (χ1n) is 8.58. The van der Waals surface area contributed by atoms with E-state index in [1.54, 1.807) is 26.0 Å². The molecule has 0 aliphatic carbocycles. The second-order valence-electron chi connectivity index (χ2n) is 6.40. The number of hydrogen-bond donors (Lipinski definition) is 1. The number of hydrogen-bond acceptors (Lipinski definition) is 7. The molecule has 1 saturated heterocycles. The molecular weight excluding hydrogens is 352 g/mol. The van der Waals surface area contributed by atoms with Gasteiger partial charge in [-0.1, -0.05) is 42.2 Å². The molecule has 148 valence electrons. The minimum Gasteiger partial charge on any atom is -0.444 e. The summed E-state index contributed by atoms with van der Waals surface area (Å²) in [6, 6.07) is 9.07. The molecule has 27 heavy (non-hydrogen) atoms. The van der Waals surface area contributed by atoms with Crippen molar-refractivity contribution in [1.29, 1.82) is 0 Å². The van der Waals surface area contributed by atoms with Gasteiger partial charge in [-0.15, -0.1) is 0 Å². The first-order chi connectivity index (χ1) is 12.7. The van der Waals surface area contributed by atoms with Gasteiger partial charge in [-0.25, -0.2) is 0 Å². The van der Waals surface area contributed by atoms with Crippen LogP contribution in [0.4, 0.5) is 0 Å². The fourth-order valence-corrected chi connectivity index (χ4v) is 2.66. The highest BCUT2D eigenvalue weighted by Gasteiger charge is 2.54. The molecule has 7 heteroatoms. The molecule has 0 saturated carbocycles.